The summed E-state index contributed by atoms with van der Waals surface area (Å²) in [6, 6.07) is 1.61. The Hall–Kier alpha value is -0.0800. The largest absolute Gasteiger partial charge is 0.314 e. The number of piperidine rings is 1. The summed E-state index contributed by atoms with van der Waals surface area (Å²) < 4.78 is 0. The first kappa shape index (κ1) is 14.3. The van der Waals surface area contributed by atoms with E-state index < -0.39 is 0 Å². The molecule has 18 heavy (non-hydrogen) atoms. The lowest BCUT2D eigenvalue weighted by Crippen LogP contribution is -2.52. The van der Waals surface area contributed by atoms with Gasteiger partial charge in [-0.05, 0) is 50.1 Å². The van der Waals surface area contributed by atoms with Crippen LogP contribution in [0.4, 0.5) is 0 Å². The van der Waals surface area contributed by atoms with Crippen LogP contribution in [0.5, 0.6) is 0 Å². The van der Waals surface area contributed by atoms with Crippen LogP contribution in [0.1, 0.15) is 59.8 Å². The van der Waals surface area contributed by atoms with Gasteiger partial charge in [0.2, 0.25) is 0 Å². The number of hydrogen-bond donors (Lipinski definition) is 1. The Morgan fingerprint density at radius 3 is 2.67 bits per heavy atom. The van der Waals surface area contributed by atoms with Crippen LogP contribution in [0.15, 0.2) is 0 Å². The quantitative estimate of drug-likeness (QED) is 0.829. The van der Waals surface area contributed by atoms with Crippen molar-refractivity contribution >= 4 is 0 Å². The van der Waals surface area contributed by atoms with Gasteiger partial charge in [0, 0.05) is 18.6 Å². The molecule has 2 nitrogen and oxygen atoms in total. The molecule has 1 heterocycles. The van der Waals surface area contributed by atoms with Gasteiger partial charge in [0.15, 0.2) is 0 Å². The third-order valence-corrected chi connectivity index (χ3v) is 5.10. The Labute approximate surface area is 114 Å². The van der Waals surface area contributed by atoms with Gasteiger partial charge < -0.3 is 5.32 Å². The number of nitrogens with one attached hydrogen (secondary N) is 1. The maximum atomic E-state index is 3.65. The minimum atomic E-state index is 0.574. The summed E-state index contributed by atoms with van der Waals surface area (Å²) in [4.78, 5) is 2.79. The molecule has 0 aromatic rings. The van der Waals surface area contributed by atoms with Gasteiger partial charge in [0.25, 0.3) is 0 Å². The predicted octanol–water partition coefficient (Wildman–Crippen LogP) is 3.28. The third-order valence-electron chi connectivity index (χ3n) is 5.10. The van der Waals surface area contributed by atoms with E-state index in [0.717, 1.165) is 24.5 Å². The first-order valence-corrected chi connectivity index (χ1v) is 7.99. The predicted molar refractivity (Wildman–Crippen MR) is 78.9 cm³/mol. The topological polar surface area (TPSA) is 15.3 Å². The molecule has 2 aliphatic rings. The third kappa shape index (κ3) is 3.48. The van der Waals surface area contributed by atoms with Crippen molar-refractivity contribution in [1.82, 2.24) is 10.2 Å². The van der Waals surface area contributed by atoms with E-state index in [2.05, 4.69) is 37.9 Å². The monoisotopic (exact) mass is 252 g/mol. The number of nitrogens with zero attached hydrogens (tertiary/aromatic N) is 1. The molecule has 1 aliphatic carbocycles. The molecule has 1 saturated carbocycles. The standard InChI is InChI=1S/C16H32N2/c1-5-17-15-8-10-18(12-13(15)2)14-7-6-9-16(3,4)11-14/h13-15,17H,5-12H2,1-4H3. The van der Waals surface area contributed by atoms with E-state index in [-0.39, 0.29) is 0 Å². The first-order valence-electron chi connectivity index (χ1n) is 7.99. The number of rotatable bonds is 3. The van der Waals surface area contributed by atoms with Crippen LogP contribution in [0, 0.1) is 11.3 Å². The summed E-state index contributed by atoms with van der Waals surface area (Å²) >= 11 is 0. The highest BCUT2D eigenvalue weighted by molar-refractivity contribution is 4.90. The highest BCUT2D eigenvalue weighted by Crippen LogP contribution is 2.38. The first-order chi connectivity index (χ1) is 8.52. The molecule has 0 bridgehead atoms. The zero-order valence-corrected chi connectivity index (χ0v) is 12.8. The fourth-order valence-corrected chi connectivity index (χ4v) is 4.04. The van der Waals surface area contributed by atoms with Gasteiger partial charge in [-0.3, -0.25) is 4.90 Å². The van der Waals surface area contributed by atoms with Crippen LogP contribution < -0.4 is 5.32 Å². The lowest BCUT2D eigenvalue weighted by atomic mass is 9.74. The van der Waals surface area contributed by atoms with Crippen LogP contribution in [0.3, 0.4) is 0 Å². The average molecular weight is 252 g/mol. The van der Waals surface area contributed by atoms with E-state index in [1.807, 2.05) is 0 Å². The molecular weight excluding hydrogens is 220 g/mol. The van der Waals surface area contributed by atoms with Crippen LogP contribution in [0.25, 0.3) is 0 Å². The maximum absolute atomic E-state index is 3.65. The van der Waals surface area contributed by atoms with Crippen LogP contribution in [0.2, 0.25) is 0 Å². The smallest absolute Gasteiger partial charge is 0.0117 e. The molecule has 3 unspecified atom stereocenters. The van der Waals surface area contributed by atoms with Crippen LogP contribution in [-0.2, 0) is 0 Å². The van der Waals surface area contributed by atoms with Gasteiger partial charge in [-0.15, -0.1) is 0 Å². The van der Waals surface area contributed by atoms with E-state index in [4.69, 9.17) is 0 Å². The molecule has 3 atom stereocenters. The SMILES string of the molecule is CCNC1CCN(C2CCCC(C)(C)C2)CC1C. The molecule has 1 N–H and O–H groups in total. The second kappa shape index (κ2) is 5.92. The molecule has 2 rings (SSSR count). The van der Waals surface area contributed by atoms with Gasteiger partial charge in [-0.2, -0.15) is 0 Å². The van der Waals surface area contributed by atoms with Gasteiger partial charge in [0.1, 0.15) is 0 Å². The van der Waals surface area contributed by atoms with Gasteiger partial charge in [-0.25, -0.2) is 0 Å². The molecular formula is C16H32N2. The maximum Gasteiger partial charge on any atom is 0.0117 e. The molecule has 1 saturated heterocycles. The fraction of sp³-hybridized carbons (Fsp3) is 1.00. The van der Waals surface area contributed by atoms with E-state index in [9.17, 15) is 0 Å². The summed E-state index contributed by atoms with van der Waals surface area (Å²) in [5.74, 6) is 0.809. The molecule has 0 aromatic heterocycles. The van der Waals surface area contributed by atoms with Gasteiger partial charge in [-0.1, -0.05) is 34.1 Å². The Morgan fingerprint density at radius 2 is 2.06 bits per heavy atom. The summed E-state index contributed by atoms with van der Waals surface area (Å²) in [5, 5.41) is 3.65. The zero-order valence-electron chi connectivity index (χ0n) is 12.8. The molecule has 0 aromatic carbocycles. The van der Waals surface area contributed by atoms with Crippen molar-refractivity contribution in [2.24, 2.45) is 11.3 Å². The van der Waals surface area contributed by atoms with E-state index >= 15 is 0 Å². The molecule has 106 valence electrons. The second-order valence-corrected chi connectivity index (χ2v) is 7.34. The molecule has 2 heteroatoms. The summed E-state index contributed by atoms with van der Waals surface area (Å²) in [6.45, 7) is 13.3. The summed E-state index contributed by atoms with van der Waals surface area (Å²) in [7, 11) is 0. The normalized spacial score (nSPS) is 37.7. The molecule has 0 spiro atoms. The lowest BCUT2D eigenvalue weighted by molar-refractivity contribution is 0.0507. The van der Waals surface area contributed by atoms with Crippen molar-refractivity contribution in [2.45, 2.75) is 71.9 Å². The second-order valence-electron chi connectivity index (χ2n) is 7.34. The minimum Gasteiger partial charge on any atom is -0.314 e. The van der Waals surface area contributed by atoms with Gasteiger partial charge in [0.05, 0.1) is 0 Å². The van der Waals surface area contributed by atoms with Crippen molar-refractivity contribution in [3.63, 3.8) is 0 Å². The van der Waals surface area contributed by atoms with Crippen LogP contribution >= 0.6 is 0 Å². The Kier molecular flexibility index (Phi) is 4.71. The van der Waals surface area contributed by atoms with Crippen molar-refractivity contribution in [2.75, 3.05) is 19.6 Å². The zero-order chi connectivity index (χ0) is 13.2. The Morgan fingerprint density at radius 1 is 1.28 bits per heavy atom. The van der Waals surface area contributed by atoms with Gasteiger partial charge >= 0.3 is 0 Å². The summed E-state index contributed by atoms with van der Waals surface area (Å²) in [6.07, 6.45) is 7.03. The van der Waals surface area contributed by atoms with Crippen molar-refractivity contribution in [3.05, 3.63) is 0 Å². The molecule has 0 radical (unpaired) electrons. The average Bonchev–Trinajstić information content (AvgIpc) is 2.30. The van der Waals surface area contributed by atoms with Crippen molar-refractivity contribution < 1.29 is 0 Å². The molecule has 1 aliphatic heterocycles. The Bertz CT molecular complexity index is 262. The summed E-state index contributed by atoms with van der Waals surface area (Å²) in [5.41, 5.74) is 0.574. The fourth-order valence-electron chi connectivity index (χ4n) is 4.04. The minimum absolute atomic E-state index is 0.574. The highest BCUT2D eigenvalue weighted by atomic mass is 15.2. The van der Waals surface area contributed by atoms with E-state index in [1.165, 1.54) is 45.2 Å². The molecule has 2 fully saturated rings. The van der Waals surface area contributed by atoms with E-state index in [1.54, 1.807) is 0 Å². The van der Waals surface area contributed by atoms with E-state index in [0.29, 0.717) is 5.41 Å². The highest BCUT2D eigenvalue weighted by Gasteiger charge is 2.34. The van der Waals surface area contributed by atoms with Crippen molar-refractivity contribution in [3.8, 4) is 0 Å². The number of hydrogen-bond acceptors (Lipinski definition) is 2. The van der Waals surface area contributed by atoms with Crippen LogP contribution in [-0.4, -0.2) is 36.6 Å². The van der Waals surface area contributed by atoms with Crippen molar-refractivity contribution in [1.29, 1.82) is 0 Å². The Balaban J connectivity index is 1.88. The lowest BCUT2D eigenvalue weighted by Gasteiger charge is -2.46. The molecule has 0 amide bonds. The number of likely N-dealkylation sites (tertiary alicyclic amines) is 1.